The molecule has 0 saturated carbocycles. The average molecular weight is 270 g/mol. The highest BCUT2D eigenvalue weighted by Crippen LogP contribution is 2.10. The summed E-state index contributed by atoms with van der Waals surface area (Å²) in [6.07, 6.45) is 1.04. The number of amides is 1. The second-order valence-corrected chi connectivity index (χ2v) is 4.99. The van der Waals surface area contributed by atoms with E-state index < -0.39 is 5.97 Å². The number of ether oxygens (including phenoxy) is 1. The standard InChI is InChI=1S/C12H18N2O3S/c1-4-5-14(7-12(16)17-3)11(15)6-10-8-18-9(2)13-10/h8H,4-7H2,1-3H3. The van der Waals surface area contributed by atoms with Crippen LogP contribution in [0.15, 0.2) is 5.38 Å². The highest BCUT2D eigenvalue weighted by molar-refractivity contribution is 7.09. The maximum absolute atomic E-state index is 12.0. The quantitative estimate of drug-likeness (QED) is 0.733. The summed E-state index contributed by atoms with van der Waals surface area (Å²) in [5.41, 5.74) is 0.758. The fourth-order valence-electron chi connectivity index (χ4n) is 1.54. The van der Waals surface area contributed by atoms with Crippen LogP contribution >= 0.6 is 11.3 Å². The highest BCUT2D eigenvalue weighted by Gasteiger charge is 2.17. The third-order valence-corrected chi connectivity index (χ3v) is 3.22. The zero-order chi connectivity index (χ0) is 13.5. The smallest absolute Gasteiger partial charge is 0.325 e. The number of nitrogens with zero attached hydrogens (tertiary/aromatic N) is 2. The van der Waals surface area contributed by atoms with Crippen LogP contribution in [0.5, 0.6) is 0 Å². The molecule has 0 fully saturated rings. The number of hydrogen-bond donors (Lipinski definition) is 0. The fourth-order valence-corrected chi connectivity index (χ4v) is 2.15. The fraction of sp³-hybridized carbons (Fsp3) is 0.583. The SMILES string of the molecule is CCCN(CC(=O)OC)C(=O)Cc1csc(C)n1. The summed E-state index contributed by atoms with van der Waals surface area (Å²) in [5, 5.41) is 2.81. The second-order valence-electron chi connectivity index (χ2n) is 3.93. The maximum atomic E-state index is 12.0. The van der Waals surface area contributed by atoms with E-state index in [-0.39, 0.29) is 18.9 Å². The average Bonchev–Trinajstić information content (AvgIpc) is 2.73. The van der Waals surface area contributed by atoms with E-state index in [1.165, 1.54) is 23.3 Å². The van der Waals surface area contributed by atoms with Gasteiger partial charge in [-0.3, -0.25) is 9.59 Å². The van der Waals surface area contributed by atoms with E-state index in [0.29, 0.717) is 6.54 Å². The van der Waals surface area contributed by atoms with Crippen LogP contribution in [0, 0.1) is 6.92 Å². The van der Waals surface area contributed by atoms with Gasteiger partial charge in [-0.05, 0) is 13.3 Å². The van der Waals surface area contributed by atoms with Crippen LogP contribution in [0.25, 0.3) is 0 Å². The van der Waals surface area contributed by atoms with Crippen LogP contribution < -0.4 is 0 Å². The summed E-state index contributed by atoms with van der Waals surface area (Å²) in [6.45, 7) is 4.42. The molecule has 18 heavy (non-hydrogen) atoms. The van der Waals surface area contributed by atoms with Gasteiger partial charge in [0.2, 0.25) is 5.91 Å². The monoisotopic (exact) mass is 270 g/mol. The lowest BCUT2D eigenvalue weighted by Crippen LogP contribution is -2.37. The second kappa shape index (κ2) is 7.10. The summed E-state index contributed by atoms with van der Waals surface area (Å²) < 4.78 is 4.59. The van der Waals surface area contributed by atoms with Crippen LogP contribution in [0.4, 0.5) is 0 Å². The largest absolute Gasteiger partial charge is 0.468 e. The van der Waals surface area contributed by atoms with Crippen molar-refractivity contribution in [3.8, 4) is 0 Å². The van der Waals surface area contributed by atoms with Gasteiger partial charge >= 0.3 is 5.97 Å². The summed E-state index contributed by atoms with van der Waals surface area (Å²) in [6, 6.07) is 0. The Bertz CT molecular complexity index is 417. The van der Waals surface area contributed by atoms with E-state index in [4.69, 9.17) is 0 Å². The van der Waals surface area contributed by atoms with Crippen molar-refractivity contribution in [2.45, 2.75) is 26.7 Å². The van der Waals surface area contributed by atoms with Crippen molar-refractivity contribution in [1.82, 2.24) is 9.88 Å². The van der Waals surface area contributed by atoms with E-state index in [1.807, 2.05) is 19.2 Å². The summed E-state index contributed by atoms with van der Waals surface area (Å²) in [7, 11) is 1.32. The van der Waals surface area contributed by atoms with Gasteiger partial charge in [-0.2, -0.15) is 0 Å². The minimum absolute atomic E-state index is 0.00624. The van der Waals surface area contributed by atoms with Gasteiger partial charge in [-0.25, -0.2) is 4.98 Å². The molecule has 1 aromatic rings. The van der Waals surface area contributed by atoms with Crippen molar-refractivity contribution in [3.63, 3.8) is 0 Å². The molecule has 0 bridgehead atoms. The minimum Gasteiger partial charge on any atom is -0.468 e. The van der Waals surface area contributed by atoms with E-state index in [9.17, 15) is 9.59 Å². The molecule has 5 nitrogen and oxygen atoms in total. The van der Waals surface area contributed by atoms with Crippen LogP contribution in [0.1, 0.15) is 24.0 Å². The first-order valence-electron chi connectivity index (χ1n) is 5.82. The Kier molecular flexibility index (Phi) is 5.77. The Morgan fingerprint density at radius 1 is 1.50 bits per heavy atom. The maximum Gasteiger partial charge on any atom is 0.325 e. The van der Waals surface area contributed by atoms with Gasteiger partial charge in [0.15, 0.2) is 0 Å². The summed E-state index contributed by atoms with van der Waals surface area (Å²) >= 11 is 1.52. The number of esters is 1. The molecule has 1 aromatic heterocycles. The molecule has 0 radical (unpaired) electrons. The van der Waals surface area contributed by atoms with Gasteiger partial charge in [-0.1, -0.05) is 6.92 Å². The molecule has 0 aliphatic heterocycles. The Morgan fingerprint density at radius 3 is 2.72 bits per heavy atom. The molecule has 0 aliphatic carbocycles. The van der Waals surface area contributed by atoms with E-state index in [2.05, 4.69) is 9.72 Å². The molecular formula is C12H18N2O3S. The molecule has 0 aliphatic rings. The molecule has 0 spiro atoms. The molecule has 0 saturated heterocycles. The molecule has 1 heterocycles. The lowest BCUT2D eigenvalue weighted by atomic mass is 10.3. The third kappa shape index (κ3) is 4.44. The highest BCUT2D eigenvalue weighted by atomic mass is 32.1. The number of rotatable bonds is 6. The van der Waals surface area contributed by atoms with Crippen molar-refractivity contribution in [1.29, 1.82) is 0 Å². The Morgan fingerprint density at radius 2 is 2.22 bits per heavy atom. The number of aryl methyl sites for hydroxylation is 1. The van der Waals surface area contributed by atoms with Crippen molar-refractivity contribution in [3.05, 3.63) is 16.1 Å². The van der Waals surface area contributed by atoms with Gasteiger partial charge in [0.25, 0.3) is 0 Å². The number of carbonyl (C=O) groups excluding carboxylic acids is 2. The van der Waals surface area contributed by atoms with E-state index in [1.54, 1.807) is 0 Å². The number of hydrogen-bond acceptors (Lipinski definition) is 5. The van der Waals surface area contributed by atoms with Crippen LogP contribution in [-0.2, 0) is 20.7 Å². The Hall–Kier alpha value is -1.43. The molecule has 1 amide bonds. The topological polar surface area (TPSA) is 59.5 Å². The molecule has 0 aromatic carbocycles. The van der Waals surface area contributed by atoms with Crippen molar-refractivity contribution in [2.24, 2.45) is 0 Å². The van der Waals surface area contributed by atoms with Crippen molar-refractivity contribution in [2.75, 3.05) is 20.2 Å². The first-order chi connectivity index (χ1) is 8.56. The van der Waals surface area contributed by atoms with Gasteiger partial charge in [-0.15, -0.1) is 11.3 Å². The van der Waals surface area contributed by atoms with Crippen LogP contribution in [0.3, 0.4) is 0 Å². The first kappa shape index (κ1) is 14.6. The van der Waals surface area contributed by atoms with Crippen molar-refractivity contribution < 1.29 is 14.3 Å². The van der Waals surface area contributed by atoms with Crippen LogP contribution in [-0.4, -0.2) is 42.0 Å². The molecular weight excluding hydrogens is 252 g/mol. The van der Waals surface area contributed by atoms with Gasteiger partial charge in [0, 0.05) is 11.9 Å². The van der Waals surface area contributed by atoms with E-state index >= 15 is 0 Å². The molecule has 0 atom stereocenters. The van der Waals surface area contributed by atoms with Gasteiger partial charge in [0.05, 0.1) is 24.2 Å². The zero-order valence-corrected chi connectivity index (χ0v) is 11.7. The lowest BCUT2D eigenvalue weighted by Gasteiger charge is -2.20. The third-order valence-electron chi connectivity index (χ3n) is 2.39. The summed E-state index contributed by atoms with van der Waals surface area (Å²) in [5.74, 6) is -0.487. The molecule has 100 valence electrons. The first-order valence-corrected chi connectivity index (χ1v) is 6.70. The number of methoxy groups -OCH3 is 1. The Labute approximate surface area is 111 Å². The van der Waals surface area contributed by atoms with Gasteiger partial charge < -0.3 is 9.64 Å². The number of carbonyl (C=O) groups is 2. The van der Waals surface area contributed by atoms with Gasteiger partial charge in [0.1, 0.15) is 6.54 Å². The van der Waals surface area contributed by atoms with E-state index in [0.717, 1.165) is 17.1 Å². The molecule has 6 heteroatoms. The van der Waals surface area contributed by atoms with Crippen molar-refractivity contribution >= 4 is 23.2 Å². The predicted molar refractivity (Wildman–Crippen MR) is 69.4 cm³/mol. The normalized spacial score (nSPS) is 10.2. The molecule has 0 N–H and O–H groups in total. The van der Waals surface area contributed by atoms with Crippen LogP contribution in [0.2, 0.25) is 0 Å². The minimum atomic E-state index is -0.397. The predicted octanol–water partition coefficient (Wildman–Crippen LogP) is 1.41. The summed E-state index contributed by atoms with van der Waals surface area (Å²) in [4.78, 5) is 29.0. The molecule has 1 rings (SSSR count). The number of thiazole rings is 1. The Balaban J connectivity index is 2.61. The number of aromatic nitrogens is 1. The lowest BCUT2D eigenvalue weighted by molar-refractivity contribution is -0.146. The molecule has 0 unspecified atom stereocenters. The zero-order valence-electron chi connectivity index (χ0n) is 10.9.